The van der Waals surface area contributed by atoms with Crippen LogP contribution in [0.25, 0.3) is 0 Å². The minimum Gasteiger partial charge on any atom is -0.493 e. The van der Waals surface area contributed by atoms with Crippen molar-refractivity contribution in [1.29, 1.82) is 0 Å². The fraction of sp³-hybridized carbons (Fsp3) is 0.333. The quantitative estimate of drug-likeness (QED) is 0.851. The van der Waals surface area contributed by atoms with Gasteiger partial charge in [-0.2, -0.15) is 0 Å². The second-order valence-electron chi connectivity index (χ2n) is 4.97. The molecule has 0 aliphatic heterocycles. The van der Waals surface area contributed by atoms with Crippen LogP contribution in [0.2, 0.25) is 0 Å². The topological polar surface area (TPSA) is 62.9 Å². The van der Waals surface area contributed by atoms with Gasteiger partial charge < -0.3 is 24.7 Å². The van der Waals surface area contributed by atoms with Crippen LogP contribution in [0, 0.1) is 0 Å². The molecule has 1 unspecified atom stereocenters. The van der Waals surface area contributed by atoms with Crippen LogP contribution in [-0.4, -0.2) is 35.0 Å². The molecule has 5 nitrogen and oxygen atoms in total. The number of methoxy groups -OCH3 is 4. The number of rotatable bonds is 7. The summed E-state index contributed by atoms with van der Waals surface area (Å²) in [7, 11) is 6.33. The van der Waals surface area contributed by atoms with Gasteiger partial charge in [-0.05, 0) is 11.6 Å². The van der Waals surface area contributed by atoms with E-state index in [1.165, 1.54) is 0 Å². The van der Waals surface area contributed by atoms with Gasteiger partial charge in [0.05, 0.1) is 28.4 Å². The van der Waals surface area contributed by atoms with E-state index < -0.39 is 0 Å². The highest BCUT2D eigenvalue weighted by atomic mass is 16.5. The van der Waals surface area contributed by atoms with E-state index >= 15 is 0 Å². The van der Waals surface area contributed by atoms with Gasteiger partial charge in [-0.3, -0.25) is 0 Å². The lowest BCUT2D eigenvalue weighted by atomic mass is 9.90. The number of hydrogen-bond acceptors (Lipinski definition) is 5. The van der Waals surface area contributed by atoms with Gasteiger partial charge in [-0.15, -0.1) is 0 Å². The van der Waals surface area contributed by atoms with Gasteiger partial charge in [0.25, 0.3) is 0 Å². The molecule has 0 aromatic heterocycles. The summed E-state index contributed by atoms with van der Waals surface area (Å²) >= 11 is 0. The lowest BCUT2D eigenvalue weighted by molar-refractivity contribution is 0.303. The van der Waals surface area contributed by atoms with Crippen LogP contribution in [0.3, 0.4) is 0 Å². The molecule has 2 aromatic rings. The lowest BCUT2D eigenvalue weighted by Crippen LogP contribution is -2.15. The molecule has 0 bridgehead atoms. The first-order valence-corrected chi connectivity index (χ1v) is 7.33. The van der Waals surface area contributed by atoms with Crippen LogP contribution in [0.1, 0.15) is 17.0 Å². The van der Waals surface area contributed by atoms with E-state index in [4.69, 9.17) is 24.7 Å². The van der Waals surface area contributed by atoms with Crippen molar-refractivity contribution in [2.45, 2.75) is 5.92 Å². The SMILES string of the molecule is COc1cc(C(CN)c2ccccc2)c(OC)c(OC)c1OC. The maximum atomic E-state index is 6.05. The van der Waals surface area contributed by atoms with Gasteiger partial charge >= 0.3 is 0 Å². The van der Waals surface area contributed by atoms with Gasteiger partial charge in [0.2, 0.25) is 11.5 Å². The van der Waals surface area contributed by atoms with E-state index in [0.29, 0.717) is 29.5 Å². The molecule has 0 fully saturated rings. The molecule has 2 rings (SSSR count). The predicted molar refractivity (Wildman–Crippen MR) is 90.0 cm³/mol. The van der Waals surface area contributed by atoms with Crippen molar-refractivity contribution < 1.29 is 18.9 Å². The molecule has 0 spiro atoms. The van der Waals surface area contributed by atoms with Crippen LogP contribution in [0.4, 0.5) is 0 Å². The van der Waals surface area contributed by atoms with Gasteiger partial charge in [-0.1, -0.05) is 30.3 Å². The first-order chi connectivity index (χ1) is 11.2. The number of benzene rings is 2. The Morgan fingerprint density at radius 1 is 0.826 bits per heavy atom. The molecule has 1 atom stereocenters. The molecule has 0 saturated carbocycles. The molecule has 0 aliphatic rings. The van der Waals surface area contributed by atoms with Crippen molar-refractivity contribution in [3.8, 4) is 23.0 Å². The zero-order valence-corrected chi connectivity index (χ0v) is 14.0. The fourth-order valence-electron chi connectivity index (χ4n) is 2.75. The van der Waals surface area contributed by atoms with Gasteiger partial charge in [-0.25, -0.2) is 0 Å². The molecule has 0 saturated heterocycles. The van der Waals surface area contributed by atoms with E-state index in [2.05, 4.69) is 0 Å². The number of ether oxygens (including phenoxy) is 4. The van der Waals surface area contributed by atoms with Crippen molar-refractivity contribution in [1.82, 2.24) is 0 Å². The predicted octanol–water partition coefficient (Wildman–Crippen LogP) is 2.81. The average Bonchev–Trinajstić information content (AvgIpc) is 2.61. The summed E-state index contributed by atoms with van der Waals surface area (Å²) in [6.45, 7) is 0.430. The highest BCUT2D eigenvalue weighted by molar-refractivity contribution is 5.64. The van der Waals surface area contributed by atoms with Gasteiger partial charge in [0.1, 0.15) is 0 Å². The Hall–Kier alpha value is -2.40. The molecule has 23 heavy (non-hydrogen) atoms. The molecule has 0 amide bonds. The zero-order valence-electron chi connectivity index (χ0n) is 14.0. The Morgan fingerprint density at radius 3 is 1.91 bits per heavy atom. The molecule has 124 valence electrons. The third-order valence-corrected chi connectivity index (χ3v) is 3.83. The Labute approximate surface area is 136 Å². The third kappa shape index (κ3) is 3.19. The molecule has 0 heterocycles. The monoisotopic (exact) mass is 317 g/mol. The summed E-state index contributed by atoms with van der Waals surface area (Å²) in [6.07, 6.45) is 0. The molecular weight excluding hydrogens is 294 g/mol. The Kier molecular flexibility index (Phi) is 5.71. The van der Waals surface area contributed by atoms with Crippen molar-refractivity contribution >= 4 is 0 Å². The van der Waals surface area contributed by atoms with E-state index in [9.17, 15) is 0 Å². The second-order valence-corrected chi connectivity index (χ2v) is 4.97. The van der Waals surface area contributed by atoms with Crippen LogP contribution in [-0.2, 0) is 0 Å². The summed E-state index contributed by atoms with van der Waals surface area (Å²) in [4.78, 5) is 0. The Morgan fingerprint density at radius 2 is 1.43 bits per heavy atom. The second kappa shape index (κ2) is 7.74. The van der Waals surface area contributed by atoms with Crippen molar-refractivity contribution in [2.75, 3.05) is 35.0 Å². The standard InChI is InChI=1S/C18H23NO4/c1-20-15-10-13(14(11-19)12-8-6-5-7-9-12)16(21-2)18(23-4)17(15)22-3/h5-10,14H,11,19H2,1-4H3. The first-order valence-electron chi connectivity index (χ1n) is 7.33. The number of hydrogen-bond donors (Lipinski definition) is 1. The van der Waals surface area contributed by atoms with Crippen LogP contribution in [0.15, 0.2) is 36.4 Å². The summed E-state index contributed by atoms with van der Waals surface area (Å²) in [5, 5.41) is 0. The van der Waals surface area contributed by atoms with Crippen LogP contribution in [0.5, 0.6) is 23.0 Å². The van der Waals surface area contributed by atoms with E-state index in [0.717, 1.165) is 11.1 Å². The van der Waals surface area contributed by atoms with Crippen molar-refractivity contribution in [2.24, 2.45) is 5.73 Å². The minimum atomic E-state index is -0.0418. The summed E-state index contributed by atoms with van der Waals surface area (Å²) < 4.78 is 22.0. The maximum Gasteiger partial charge on any atom is 0.207 e. The average molecular weight is 317 g/mol. The van der Waals surface area contributed by atoms with Crippen molar-refractivity contribution in [3.05, 3.63) is 47.5 Å². The molecule has 0 radical (unpaired) electrons. The molecule has 2 aromatic carbocycles. The van der Waals surface area contributed by atoms with Crippen molar-refractivity contribution in [3.63, 3.8) is 0 Å². The summed E-state index contributed by atoms with van der Waals surface area (Å²) in [5.74, 6) is 2.14. The van der Waals surface area contributed by atoms with E-state index in [-0.39, 0.29) is 5.92 Å². The normalized spacial score (nSPS) is 11.7. The third-order valence-electron chi connectivity index (χ3n) is 3.83. The highest BCUT2D eigenvalue weighted by Gasteiger charge is 2.26. The first kappa shape index (κ1) is 17.0. The molecule has 2 N–H and O–H groups in total. The van der Waals surface area contributed by atoms with Crippen LogP contribution >= 0.6 is 0 Å². The Bertz CT molecular complexity index is 643. The smallest absolute Gasteiger partial charge is 0.207 e. The van der Waals surface area contributed by atoms with Gasteiger partial charge in [0, 0.05) is 18.0 Å². The summed E-state index contributed by atoms with van der Waals surface area (Å²) in [5.41, 5.74) is 8.04. The van der Waals surface area contributed by atoms with E-state index in [1.54, 1.807) is 28.4 Å². The fourth-order valence-corrected chi connectivity index (χ4v) is 2.75. The molecular formula is C18H23NO4. The van der Waals surface area contributed by atoms with Gasteiger partial charge in [0.15, 0.2) is 11.5 Å². The largest absolute Gasteiger partial charge is 0.493 e. The van der Waals surface area contributed by atoms with Crippen LogP contribution < -0.4 is 24.7 Å². The van der Waals surface area contributed by atoms with E-state index in [1.807, 2.05) is 36.4 Å². The highest BCUT2D eigenvalue weighted by Crippen LogP contribution is 2.49. The number of nitrogens with two attached hydrogens (primary N) is 1. The maximum absolute atomic E-state index is 6.05. The zero-order chi connectivity index (χ0) is 16.8. The minimum absolute atomic E-state index is 0.0418. The lowest BCUT2D eigenvalue weighted by Gasteiger charge is -2.23. The molecule has 5 heteroatoms. The Balaban J connectivity index is 2.69. The summed E-state index contributed by atoms with van der Waals surface area (Å²) in [6, 6.07) is 11.9. The molecule has 0 aliphatic carbocycles.